The molecule has 0 N–H and O–H groups in total. The van der Waals surface area contributed by atoms with E-state index in [0.717, 1.165) is 49.0 Å². The van der Waals surface area contributed by atoms with Crippen molar-refractivity contribution in [3.8, 4) is 22.9 Å². The Balaban J connectivity index is 1.66. The molecule has 1 aromatic carbocycles. The van der Waals surface area contributed by atoms with Crippen LogP contribution in [0.2, 0.25) is 0 Å². The molecule has 0 bridgehead atoms. The van der Waals surface area contributed by atoms with E-state index in [9.17, 15) is 0 Å². The van der Waals surface area contributed by atoms with Crippen molar-refractivity contribution >= 4 is 0 Å². The minimum absolute atomic E-state index is 0.711. The molecule has 1 atom stereocenters. The van der Waals surface area contributed by atoms with Crippen LogP contribution in [0, 0.1) is 5.92 Å². The van der Waals surface area contributed by atoms with Gasteiger partial charge in [-0.1, -0.05) is 72.1 Å². The first-order valence-electron chi connectivity index (χ1n) is 12.4. The minimum atomic E-state index is 0.711. The number of benzene rings is 1. The van der Waals surface area contributed by atoms with Crippen molar-refractivity contribution in [3.05, 3.63) is 36.7 Å². The topological polar surface area (TPSA) is 44.2 Å². The molecule has 31 heavy (non-hydrogen) atoms. The molecule has 2 aromatic rings. The first-order valence-corrected chi connectivity index (χ1v) is 12.4. The summed E-state index contributed by atoms with van der Waals surface area (Å²) in [5.74, 6) is 3.18. The van der Waals surface area contributed by atoms with Crippen LogP contribution in [0.3, 0.4) is 0 Å². The van der Waals surface area contributed by atoms with Crippen LogP contribution in [0.25, 0.3) is 11.4 Å². The lowest BCUT2D eigenvalue weighted by atomic mass is 9.99. The largest absolute Gasteiger partial charge is 0.494 e. The van der Waals surface area contributed by atoms with E-state index in [-0.39, 0.29) is 0 Å². The van der Waals surface area contributed by atoms with Crippen molar-refractivity contribution in [2.75, 3.05) is 13.2 Å². The number of ether oxygens (including phenoxy) is 2. The smallest absolute Gasteiger partial charge is 0.159 e. The Labute approximate surface area is 189 Å². The molecule has 0 saturated heterocycles. The summed E-state index contributed by atoms with van der Waals surface area (Å²) in [7, 11) is 0. The Hall–Kier alpha value is -2.10. The zero-order chi connectivity index (χ0) is 22.2. The number of hydrogen-bond acceptors (Lipinski definition) is 4. The van der Waals surface area contributed by atoms with Gasteiger partial charge in [0, 0.05) is 5.56 Å². The second-order valence-corrected chi connectivity index (χ2v) is 8.62. The highest BCUT2D eigenvalue weighted by atomic mass is 16.5. The van der Waals surface area contributed by atoms with Gasteiger partial charge in [-0.15, -0.1) is 0 Å². The molecule has 4 nitrogen and oxygen atoms in total. The van der Waals surface area contributed by atoms with Crippen molar-refractivity contribution in [3.63, 3.8) is 0 Å². The summed E-state index contributed by atoms with van der Waals surface area (Å²) >= 11 is 0. The van der Waals surface area contributed by atoms with E-state index < -0.39 is 0 Å². The van der Waals surface area contributed by atoms with Gasteiger partial charge in [-0.25, -0.2) is 9.97 Å². The zero-order valence-corrected chi connectivity index (χ0v) is 19.9. The van der Waals surface area contributed by atoms with Gasteiger partial charge in [0.05, 0.1) is 25.6 Å². The molecule has 2 rings (SSSR count). The summed E-state index contributed by atoms with van der Waals surface area (Å²) < 4.78 is 11.7. The number of rotatable bonds is 17. The summed E-state index contributed by atoms with van der Waals surface area (Å²) in [6.07, 6.45) is 17.4. The molecule has 0 spiro atoms. The molecule has 0 saturated carbocycles. The van der Waals surface area contributed by atoms with E-state index in [2.05, 4.69) is 30.7 Å². The first kappa shape index (κ1) is 25.2. The fraction of sp³-hybridized carbons (Fsp3) is 0.630. The predicted molar refractivity (Wildman–Crippen MR) is 130 cm³/mol. The van der Waals surface area contributed by atoms with Gasteiger partial charge in [-0.2, -0.15) is 0 Å². The highest BCUT2D eigenvalue weighted by molar-refractivity contribution is 5.56. The SMILES string of the molecule is CCCCCCCCOc1ccc(-c2ncc(OCCCCC(C)CCC)cn2)cc1. The Morgan fingerprint density at radius 3 is 1.97 bits per heavy atom. The minimum Gasteiger partial charge on any atom is -0.494 e. The molecule has 0 radical (unpaired) electrons. The third-order valence-electron chi connectivity index (χ3n) is 5.65. The Kier molecular flexibility index (Phi) is 12.7. The molecule has 1 heterocycles. The molecule has 0 aliphatic carbocycles. The second-order valence-electron chi connectivity index (χ2n) is 8.62. The highest BCUT2D eigenvalue weighted by Gasteiger charge is 2.04. The summed E-state index contributed by atoms with van der Waals surface area (Å²) in [6, 6.07) is 8.03. The van der Waals surface area contributed by atoms with Gasteiger partial charge in [0.15, 0.2) is 11.6 Å². The third-order valence-corrected chi connectivity index (χ3v) is 5.65. The van der Waals surface area contributed by atoms with E-state index in [4.69, 9.17) is 9.47 Å². The fourth-order valence-corrected chi connectivity index (χ4v) is 3.73. The lowest BCUT2D eigenvalue weighted by Gasteiger charge is -2.10. The summed E-state index contributed by atoms with van der Waals surface area (Å²) in [4.78, 5) is 8.93. The van der Waals surface area contributed by atoms with E-state index in [1.54, 1.807) is 12.4 Å². The average Bonchev–Trinajstić information content (AvgIpc) is 2.79. The third kappa shape index (κ3) is 10.7. The predicted octanol–water partition coefficient (Wildman–Crippen LogP) is 7.87. The monoisotopic (exact) mass is 426 g/mol. The van der Waals surface area contributed by atoms with Crippen LogP contribution in [0.4, 0.5) is 0 Å². The van der Waals surface area contributed by atoms with E-state index in [1.165, 1.54) is 57.8 Å². The highest BCUT2D eigenvalue weighted by Crippen LogP contribution is 2.21. The number of aromatic nitrogens is 2. The summed E-state index contributed by atoms with van der Waals surface area (Å²) in [5, 5.41) is 0. The number of nitrogens with zero attached hydrogens (tertiary/aromatic N) is 2. The standard InChI is InChI=1S/C27H42N2O2/c1-4-6-7-8-9-11-19-30-25-17-15-24(16-18-25)27-28-21-26(22-29-27)31-20-12-10-14-23(3)13-5-2/h15-18,21-23H,4-14,19-20H2,1-3H3. The van der Waals surface area contributed by atoms with Crippen LogP contribution in [-0.2, 0) is 0 Å². The van der Waals surface area contributed by atoms with Crippen LogP contribution < -0.4 is 9.47 Å². The lowest BCUT2D eigenvalue weighted by molar-refractivity contribution is 0.297. The normalized spacial score (nSPS) is 12.0. The van der Waals surface area contributed by atoms with Gasteiger partial charge in [0.1, 0.15) is 5.75 Å². The van der Waals surface area contributed by atoms with Gasteiger partial charge in [-0.3, -0.25) is 0 Å². The maximum atomic E-state index is 5.85. The maximum Gasteiger partial charge on any atom is 0.159 e. The molecular formula is C27H42N2O2. The number of hydrogen-bond donors (Lipinski definition) is 0. The van der Waals surface area contributed by atoms with Crippen LogP contribution in [0.1, 0.15) is 91.4 Å². The Bertz CT molecular complexity index is 685. The molecule has 0 aliphatic heterocycles. The summed E-state index contributed by atoms with van der Waals surface area (Å²) in [6.45, 7) is 8.35. The molecule has 172 valence electrons. The second kappa shape index (κ2) is 15.7. The first-order chi connectivity index (χ1) is 15.2. The van der Waals surface area contributed by atoms with Crippen LogP contribution >= 0.6 is 0 Å². The van der Waals surface area contributed by atoms with Crippen LogP contribution in [0.15, 0.2) is 36.7 Å². The maximum absolute atomic E-state index is 5.85. The van der Waals surface area contributed by atoms with Gasteiger partial charge in [0.2, 0.25) is 0 Å². The molecule has 0 amide bonds. The van der Waals surface area contributed by atoms with Crippen molar-refractivity contribution in [1.82, 2.24) is 9.97 Å². The quantitative estimate of drug-likeness (QED) is 0.241. The molecule has 0 fully saturated rings. The van der Waals surface area contributed by atoms with E-state index in [0.29, 0.717) is 5.82 Å². The van der Waals surface area contributed by atoms with Gasteiger partial charge >= 0.3 is 0 Å². The van der Waals surface area contributed by atoms with E-state index in [1.807, 2.05) is 24.3 Å². The molecule has 1 unspecified atom stereocenters. The van der Waals surface area contributed by atoms with Crippen molar-refractivity contribution in [1.29, 1.82) is 0 Å². The van der Waals surface area contributed by atoms with Gasteiger partial charge < -0.3 is 9.47 Å². The van der Waals surface area contributed by atoms with Crippen LogP contribution in [-0.4, -0.2) is 23.2 Å². The lowest BCUT2D eigenvalue weighted by Crippen LogP contribution is -2.01. The average molecular weight is 427 g/mol. The zero-order valence-electron chi connectivity index (χ0n) is 19.9. The molecule has 0 aliphatic rings. The Morgan fingerprint density at radius 1 is 0.677 bits per heavy atom. The molecule has 1 aromatic heterocycles. The van der Waals surface area contributed by atoms with Gasteiger partial charge in [0.25, 0.3) is 0 Å². The Morgan fingerprint density at radius 2 is 1.29 bits per heavy atom. The molecule has 4 heteroatoms. The van der Waals surface area contributed by atoms with Crippen LogP contribution in [0.5, 0.6) is 11.5 Å². The molecular weight excluding hydrogens is 384 g/mol. The van der Waals surface area contributed by atoms with Gasteiger partial charge in [-0.05, 0) is 49.4 Å². The van der Waals surface area contributed by atoms with Crippen molar-refractivity contribution < 1.29 is 9.47 Å². The van der Waals surface area contributed by atoms with E-state index >= 15 is 0 Å². The number of unbranched alkanes of at least 4 members (excludes halogenated alkanes) is 6. The summed E-state index contributed by atoms with van der Waals surface area (Å²) in [5.41, 5.74) is 0.989. The van der Waals surface area contributed by atoms with Crippen molar-refractivity contribution in [2.24, 2.45) is 5.92 Å². The fourth-order valence-electron chi connectivity index (χ4n) is 3.73. The van der Waals surface area contributed by atoms with Crippen molar-refractivity contribution in [2.45, 2.75) is 91.4 Å².